The van der Waals surface area contributed by atoms with E-state index in [1.165, 1.54) is 0 Å². The lowest BCUT2D eigenvalue weighted by molar-refractivity contribution is -0.137. The Kier molecular flexibility index (Phi) is 9.70. The van der Waals surface area contributed by atoms with Crippen LogP contribution in [0.1, 0.15) is 39.0 Å². The van der Waals surface area contributed by atoms with Crippen molar-refractivity contribution >= 4 is 11.9 Å². The topological polar surface area (TPSA) is 78.4 Å². The molecular weight excluding hydrogens is 208 g/mol. The fraction of sp³-hybridized carbons (Fsp3) is 0.818. The van der Waals surface area contributed by atoms with Crippen LogP contribution in [0.25, 0.3) is 0 Å². The van der Waals surface area contributed by atoms with Gasteiger partial charge in [-0.2, -0.15) is 0 Å². The SMILES string of the molecule is CCCNC(=O)CNCCCCCC(=O)O. The second-order valence-corrected chi connectivity index (χ2v) is 3.73. The van der Waals surface area contributed by atoms with Crippen molar-refractivity contribution in [2.75, 3.05) is 19.6 Å². The molecule has 0 saturated heterocycles. The van der Waals surface area contributed by atoms with Crippen molar-refractivity contribution in [3.8, 4) is 0 Å². The highest BCUT2D eigenvalue weighted by Gasteiger charge is 1.99. The van der Waals surface area contributed by atoms with E-state index in [9.17, 15) is 9.59 Å². The van der Waals surface area contributed by atoms with Crippen molar-refractivity contribution in [1.82, 2.24) is 10.6 Å². The van der Waals surface area contributed by atoms with Crippen LogP contribution in [0.3, 0.4) is 0 Å². The first kappa shape index (κ1) is 14.9. The Morgan fingerprint density at radius 2 is 1.88 bits per heavy atom. The van der Waals surface area contributed by atoms with Gasteiger partial charge in [-0.3, -0.25) is 9.59 Å². The first-order valence-corrected chi connectivity index (χ1v) is 5.86. The highest BCUT2D eigenvalue weighted by Crippen LogP contribution is 1.98. The zero-order valence-corrected chi connectivity index (χ0v) is 9.92. The summed E-state index contributed by atoms with van der Waals surface area (Å²) in [7, 11) is 0. The van der Waals surface area contributed by atoms with E-state index in [4.69, 9.17) is 5.11 Å². The summed E-state index contributed by atoms with van der Waals surface area (Å²) >= 11 is 0. The predicted octanol–water partition coefficient (Wildman–Crippen LogP) is 0.747. The zero-order valence-electron chi connectivity index (χ0n) is 9.92. The molecule has 0 unspecified atom stereocenters. The molecule has 0 aromatic rings. The highest BCUT2D eigenvalue weighted by molar-refractivity contribution is 5.77. The van der Waals surface area contributed by atoms with E-state index in [1.807, 2.05) is 6.92 Å². The molecule has 16 heavy (non-hydrogen) atoms. The number of nitrogens with one attached hydrogen (secondary N) is 2. The Labute approximate surface area is 96.6 Å². The van der Waals surface area contributed by atoms with E-state index < -0.39 is 5.97 Å². The molecule has 3 N–H and O–H groups in total. The molecule has 0 atom stereocenters. The Hall–Kier alpha value is -1.10. The van der Waals surface area contributed by atoms with Gasteiger partial charge in [0.2, 0.25) is 5.91 Å². The molecule has 5 nitrogen and oxygen atoms in total. The van der Waals surface area contributed by atoms with E-state index >= 15 is 0 Å². The maximum atomic E-state index is 11.1. The number of amides is 1. The molecular formula is C11H22N2O3. The van der Waals surface area contributed by atoms with Crippen LogP contribution in [0.15, 0.2) is 0 Å². The minimum absolute atomic E-state index is 0.0207. The smallest absolute Gasteiger partial charge is 0.303 e. The summed E-state index contributed by atoms with van der Waals surface area (Å²) in [5, 5.41) is 14.2. The summed E-state index contributed by atoms with van der Waals surface area (Å²) in [6.45, 7) is 3.84. The normalized spacial score (nSPS) is 10.1. The van der Waals surface area contributed by atoms with Gasteiger partial charge in [0.1, 0.15) is 0 Å². The lowest BCUT2D eigenvalue weighted by Gasteiger charge is -2.05. The molecule has 0 bridgehead atoms. The van der Waals surface area contributed by atoms with Gasteiger partial charge < -0.3 is 15.7 Å². The van der Waals surface area contributed by atoms with Crippen LogP contribution in [-0.2, 0) is 9.59 Å². The molecule has 94 valence electrons. The lowest BCUT2D eigenvalue weighted by atomic mass is 10.2. The molecule has 0 aliphatic rings. The third kappa shape index (κ3) is 11.0. The van der Waals surface area contributed by atoms with E-state index in [0.717, 1.165) is 32.4 Å². The Balaban J connectivity index is 3.14. The van der Waals surface area contributed by atoms with Gasteiger partial charge in [0.15, 0.2) is 0 Å². The number of hydrogen-bond donors (Lipinski definition) is 3. The van der Waals surface area contributed by atoms with E-state index in [2.05, 4.69) is 10.6 Å². The van der Waals surface area contributed by atoms with Crippen LogP contribution in [-0.4, -0.2) is 36.6 Å². The first-order chi connectivity index (χ1) is 7.66. The summed E-state index contributed by atoms with van der Waals surface area (Å²) in [5.74, 6) is -0.723. The van der Waals surface area contributed by atoms with Crippen LogP contribution < -0.4 is 10.6 Å². The minimum atomic E-state index is -0.744. The third-order valence-electron chi connectivity index (χ3n) is 2.10. The summed E-state index contributed by atoms with van der Waals surface area (Å²) < 4.78 is 0. The van der Waals surface area contributed by atoms with Crippen LogP contribution in [0, 0.1) is 0 Å². The summed E-state index contributed by atoms with van der Waals surface area (Å²) in [6, 6.07) is 0. The first-order valence-electron chi connectivity index (χ1n) is 5.86. The fourth-order valence-corrected chi connectivity index (χ4v) is 1.23. The number of aliphatic carboxylic acids is 1. The molecule has 0 radical (unpaired) electrons. The van der Waals surface area contributed by atoms with Crippen molar-refractivity contribution in [2.45, 2.75) is 39.0 Å². The van der Waals surface area contributed by atoms with Gasteiger partial charge in [-0.25, -0.2) is 0 Å². The number of carboxylic acids is 1. The second-order valence-electron chi connectivity index (χ2n) is 3.73. The standard InChI is InChI=1S/C11H22N2O3/c1-2-7-13-10(14)9-12-8-5-3-4-6-11(15)16/h12H,2-9H2,1H3,(H,13,14)(H,15,16). The predicted molar refractivity (Wildman–Crippen MR) is 62.3 cm³/mol. The lowest BCUT2D eigenvalue weighted by Crippen LogP contribution is -2.34. The molecule has 0 aliphatic heterocycles. The largest absolute Gasteiger partial charge is 0.481 e. The van der Waals surface area contributed by atoms with Crippen molar-refractivity contribution in [3.05, 3.63) is 0 Å². The van der Waals surface area contributed by atoms with Crippen LogP contribution in [0.2, 0.25) is 0 Å². The molecule has 0 aromatic heterocycles. The molecule has 0 saturated carbocycles. The van der Waals surface area contributed by atoms with Gasteiger partial charge in [0.25, 0.3) is 0 Å². The van der Waals surface area contributed by atoms with Crippen molar-refractivity contribution < 1.29 is 14.7 Å². The van der Waals surface area contributed by atoms with E-state index in [0.29, 0.717) is 13.0 Å². The molecule has 0 fully saturated rings. The average Bonchev–Trinajstić information content (AvgIpc) is 2.24. The Bertz CT molecular complexity index is 207. The summed E-state index contributed by atoms with van der Waals surface area (Å²) in [5.41, 5.74) is 0. The van der Waals surface area contributed by atoms with Crippen molar-refractivity contribution in [1.29, 1.82) is 0 Å². The van der Waals surface area contributed by atoms with Crippen LogP contribution in [0.5, 0.6) is 0 Å². The number of rotatable bonds is 10. The molecule has 0 aliphatic carbocycles. The van der Waals surface area contributed by atoms with Crippen molar-refractivity contribution in [2.24, 2.45) is 0 Å². The van der Waals surface area contributed by atoms with Gasteiger partial charge >= 0.3 is 5.97 Å². The van der Waals surface area contributed by atoms with Gasteiger partial charge in [0.05, 0.1) is 6.54 Å². The molecule has 0 heterocycles. The summed E-state index contributed by atoms with van der Waals surface area (Å²) in [6.07, 6.45) is 3.68. The number of hydrogen-bond acceptors (Lipinski definition) is 3. The second kappa shape index (κ2) is 10.4. The Morgan fingerprint density at radius 1 is 1.12 bits per heavy atom. The molecule has 5 heteroatoms. The fourth-order valence-electron chi connectivity index (χ4n) is 1.23. The van der Waals surface area contributed by atoms with Gasteiger partial charge in [0, 0.05) is 13.0 Å². The van der Waals surface area contributed by atoms with Gasteiger partial charge in [-0.1, -0.05) is 13.3 Å². The van der Waals surface area contributed by atoms with E-state index in [1.54, 1.807) is 0 Å². The summed E-state index contributed by atoms with van der Waals surface area (Å²) in [4.78, 5) is 21.3. The highest BCUT2D eigenvalue weighted by atomic mass is 16.4. The molecule has 0 aromatic carbocycles. The molecule has 0 spiro atoms. The zero-order chi connectivity index (χ0) is 12.2. The van der Waals surface area contributed by atoms with Crippen molar-refractivity contribution in [3.63, 3.8) is 0 Å². The molecule has 1 amide bonds. The molecule has 0 rings (SSSR count). The number of carbonyl (C=O) groups excluding carboxylic acids is 1. The third-order valence-corrected chi connectivity index (χ3v) is 2.10. The average molecular weight is 230 g/mol. The Morgan fingerprint density at radius 3 is 2.50 bits per heavy atom. The van der Waals surface area contributed by atoms with Gasteiger partial charge in [-0.15, -0.1) is 0 Å². The van der Waals surface area contributed by atoms with Crippen LogP contribution in [0.4, 0.5) is 0 Å². The van der Waals surface area contributed by atoms with Gasteiger partial charge in [-0.05, 0) is 25.8 Å². The number of carboxylic acid groups (broad SMARTS) is 1. The minimum Gasteiger partial charge on any atom is -0.481 e. The van der Waals surface area contributed by atoms with E-state index in [-0.39, 0.29) is 12.3 Å². The van der Waals surface area contributed by atoms with Crippen LogP contribution >= 0.6 is 0 Å². The monoisotopic (exact) mass is 230 g/mol. The quantitative estimate of drug-likeness (QED) is 0.484. The number of carbonyl (C=O) groups is 2. The number of unbranched alkanes of at least 4 members (excludes halogenated alkanes) is 2. The maximum Gasteiger partial charge on any atom is 0.303 e. The maximum absolute atomic E-state index is 11.1.